The van der Waals surface area contributed by atoms with Gasteiger partial charge < -0.3 is 9.64 Å². The number of carbonyl (C=O) groups is 2. The highest BCUT2D eigenvalue weighted by atomic mass is 35.5. The molecule has 2 fully saturated rings. The number of hydrogen-bond donors (Lipinski definition) is 0. The molecule has 2 aromatic carbocycles. The maximum Gasteiger partial charge on any atom is 0.254 e. The molecule has 220 valence electrons. The van der Waals surface area contributed by atoms with Crippen LogP contribution in [-0.2, 0) is 14.3 Å². The molecule has 4 heterocycles. The van der Waals surface area contributed by atoms with Crippen LogP contribution >= 0.6 is 11.6 Å². The number of aryl methyl sites for hydroxylation is 2. The van der Waals surface area contributed by atoms with Crippen LogP contribution in [0.4, 0.5) is 10.2 Å². The minimum Gasteiger partial charge on any atom is -0.370 e. The van der Waals surface area contributed by atoms with Gasteiger partial charge in [0.25, 0.3) is 5.91 Å². The van der Waals surface area contributed by atoms with Crippen LogP contribution in [0.5, 0.6) is 0 Å². The third-order valence-electron chi connectivity index (χ3n) is 8.34. The van der Waals surface area contributed by atoms with Gasteiger partial charge in [-0.25, -0.2) is 14.1 Å². The molecule has 43 heavy (non-hydrogen) atoms. The minimum absolute atomic E-state index is 0.0661. The van der Waals surface area contributed by atoms with Gasteiger partial charge in [0.1, 0.15) is 17.6 Å². The van der Waals surface area contributed by atoms with Gasteiger partial charge in [-0.2, -0.15) is 5.26 Å². The number of halogens is 2. The number of morpholine rings is 1. The first-order chi connectivity index (χ1) is 20.7. The number of rotatable bonds is 5. The highest BCUT2D eigenvalue weighted by Crippen LogP contribution is 2.41. The molecule has 0 aliphatic carbocycles. The summed E-state index contributed by atoms with van der Waals surface area (Å²) in [7, 11) is 0. The molecule has 2 amide bonds. The second-order valence-corrected chi connectivity index (χ2v) is 11.3. The Morgan fingerprint density at radius 3 is 2.84 bits per heavy atom. The molecule has 12 heteroatoms. The predicted molar refractivity (Wildman–Crippen MR) is 160 cm³/mol. The lowest BCUT2D eigenvalue weighted by Crippen LogP contribution is -2.45. The zero-order valence-electron chi connectivity index (χ0n) is 23.8. The van der Waals surface area contributed by atoms with E-state index in [2.05, 4.69) is 23.0 Å². The van der Waals surface area contributed by atoms with Crippen LogP contribution in [0.2, 0.25) is 5.02 Å². The van der Waals surface area contributed by atoms with Crippen LogP contribution in [0.1, 0.15) is 36.4 Å². The lowest BCUT2D eigenvalue weighted by atomic mass is 9.94. The Hall–Kier alpha value is -4.40. The van der Waals surface area contributed by atoms with Crippen molar-refractivity contribution >= 4 is 51.2 Å². The van der Waals surface area contributed by atoms with E-state index in [4.69, 9.17) is 21.3 Å². The van der Waals surface area contributed by atoms with Crippen LogP contribution in [0.3, 0.4) is 0 Å². The monoisotopic (exact) mass is 601 g/mol. The summed E-state index contributed by atoms with van der Waals surface area (Å²) in [6.07, 6.45) is 2.38. The van der Waals surface area contributed by atoms with E-state index in [-0.39, 0.29) is 54.8 Å². The van der Waals surface area contributed by atoms with Crippen LogP contribution in [0, 0.1) is 31.0 Å². The fourth-order valence-electron chi connectivity index (χ4n) is 6.23. The molecule has 2 aromatic heterocycles. The Morgan fingerprint density at radius 2 is 2.09 bits per heavy atom. The van der Waals surface area contributed by atoms with Crippen molar-refractivity contribution in [1.29, 1.82) is 5.26 Å². The molecule has 0 N–H and O–H groups in total. The number of pyridine rings is 1. The minimum atomic E-state index is -0.562. The Kier molecular flexibility index (Phi) is 7.58. The van der Waals surface area contributed by atoms with Crippen molar-refractivity contribution < 1.29 is 18.7 Å². The van der Waals surface area contributed by atoms with E-state index in [1.54, 1.807) is 15.6 Å². The van der Waals surface area contributed by atoms with Gasteiger partial charge in [-0.3, -0.25) is 14.5 Å². The van der Waals surface area contributed by atoms with Gasteiger partial charge in [-0.05, 0) is 50.0 Å². The molecule has 4 aromatic rings. The number of aromatic nitrogens is 4. The molecule has 6 rings (SSSR count). The zero-order valence-corrected chi connectivity index (χ0v) is 24.6. The number of hydrogen-bond acceptors (Lipinski definition) is 7. The van der Waals surface area contributed by atoms with Crippen molar-refractivity contribution in [3.8, 4) is 17.2 Å². The molecule has 2 saturated heterocycles. The van der Waals surface area contributed by atoms with Gasteiger partial charge in [-0.1, -0.05) is 41.6 Å². The largest absolute Gasteiger partial charge is 0.370 e. The first kappa shape index (κ1) is 28.7. The normalized spacial score (nSPS) is 19.2. The summed E-state index contributed by atoms with van der Waals surface area (Å²) in [6.45, 7) is 8.08. The SMILES string of the molecule is C=CC(=O)N1CC[C@H](n2nnc3c(N4CCOCC4=O)nc4c(F)c(-c5cccc(C)c5Cl)c(C)cc4c32)C[C@H]1CC#N. The Balaban J connectivity index is 1.59. The van der Waals surface area contributed by atoms with E-state index in [0.717, 1.165) is 5.56 Å². The molecular formula is C31H29ClFN7O3. The highest BCUT2D eigenvalue weighted by molar-refractivity contribution is 6.34. The number of amides is 2. The summed E-state index contributed by atoms with van der Waals surface area (Å²) >= 11 is 6.65. The van der Waals surface area contributed by atoms with Gasteiger partial charge in [0.15, 0.2) is 17.2 Å². The fraction of sp³-hybridized carbons (Fsp3) is 0.355. The lowest BCUT2D eigenvalue weighted by Gasteiger charge is -2.38. The molecule has 0 bridgehead atoms. The summed E-state index contributed by atoms with van der Waals surface area (Å²) in [5.41, 5.74) is 3.31. The number of ether oxygens (including phenoxy) is 1. The zero-order chi connectivity index (χ0) is 30.4. The van der Waals surface area contributed by atoms with Crippen LogP contribution in [0.15, 0.2) is 36.9 Å². The molecule has 0 radical (unpaired) electrons. The molecule has 0 saturated carbocycles. The number of fused-ring (bicyclic) bond motifs is 3. The summed E-state index contributed by atoms with van der Waals surface area (Å²) in [5.74, 6) is -0.898. The van der Waals surface area contributed by atoms with E-state index in [9.17, 15) is 14.9 Å². The highest BCUT2D eigenvalue weighted by Gasteiger charge is 2.35. The van der Waals surface area contributed by atoms with Crippen molar-refractivity contribution in [2.45, 2.75) is 45.2 Å². The summed E-state index contributed by atoms with van der Waals surface area (Å²) in [4.78, 5) is 33.3. The maximum atomic E-state index is 16.7. The first-order valence-corrected chi connectivity index (χ1v) is 14.4. The fourth-order valence-corrected chi connectivity index (χ4v) is 6.45. The second-order valence-electron chi connectivity index (χ2n) is 10.9. The van der Waals surface area contributed by atoms with Crippen LogP contribution < -0.4 is 4.90 Å². The second kappa shape index (κ2) is 11.4. The summed E-state index contributed by atoms with van der Waals surface area (Å²) in [6, 6.07) is 8.91. The molecule has 10 nitrogen and oxygen atoms in total. The van der Waals surface area contributed by atoms with E-state index >= 15 is 4.39 Å². The van der Waals surface area contributed by atoms with Gasteiger partial charge in [0, 0.05) is 29.1 Å². The summed E-state index contributed by atoms with van der Waals surface area (Å²) in [5, 5.41) is 19.4. The number of nitriles is 1. The van der Waals surface area contributed by atoms with Crippen molar-refractivity contribution in [2.24, 2.45) is 0 Å². The predicted octanol–water partition coefficient (Wildman–Crippen LogP) is 5.05. The quantitative estimate of drug-likeness (QED) is 0.294. The van der Waals surface area contributed by atoms with Crippen molar-refractivity contribution in [1.82, 2.24) is 24.9 Å². The lowest BCUT2D eigenvalue weighted by molar-refractivity contribution is -0.130. The molecule has 2 aliphatic rings. The molecule has 0 spiro atoms. The Morgan fingerprint density at radius 1 is 1.28 bits per heavy atom. The Bertz CT molecular complexity index is 1850. The van der Waals surface area contributed by atoms with Gasteiger partial charge in [0.05, 0.1) is 36.7 Å². The number of likely N-dealkylation sites (tertiary alicyclic amines) is 1. The maximum absolute atomic E-state index is 16.7. The van der Waals surface area contributed by atoms with E-state index in [1.165, 1.54) is 11.0 Å². The topological polar surface area (TPSA) is 117 Å². The summed E-state index contributed by atoms with van der Waals surface area (Å²) < 4.78 is 23.8. The average Bonchev–Trinajstić information content (AvgIpc) is 3.45. The number of carbonyl (C=O) groups excluding carboxylic acids is 2. The number of nitrogens with zero attached hydrogens (tertiary/aromatic N) is 7. The number of benzene rings is 2. The van der Waals surface area contributed by atoms with Crippen molar-refractivity contribution in [3.05, 3.63) is 58.9 Å². The molecule has 2 aliphatic heterocycles. The van der Waals surface area contributed by atoms with E-state index in [1.807, 2.05) is 32.0 Å². The standard InChI is InChI=1S/C31H29ClFN7O3/c1-4-23(41)38-11-9-20(15-19(38)8-10-34)40-30-22-14-18(3)25(21-7-5-6-17(2)26(21)32)27(33)28(22)35-31(29(30)36-37-40)39-12-13-43-16-24(39)42/h4-7,14,19-20H,1,8-9,11-13,15-16H2,2-3H3/t19-,20+/m1/s1. The average molecular weight is 602 g/mol. The first-order valence-electron chi connectivity index (χ1n) is 14.1. The molecule has 2 atom stereocenters. The van der Waals surface area contributed by atoms with E-state index in [0.29, 0.717) is 64.1 Å². The van der Waals surface area contributed by atoms with E-state index < -0.39 is 5.82 Å². The third kappa shape index (κ3) is 4.80. The van der Waals surface area contributed by atoms with Gasteiger partial charge in [-0.15, -0.1) is 5.10 Å². The smallest absolute Gasteiger partial charge is 0.254 e. The Labute approximate surface area is 252 Å². The van der Waals surface area contributed by atoms with Crippen molar-refractivity contribution in [2.75, 3.05) is 31.2 Å². The van der Waals surface area contributed by atoms with Gasteiger partial charge in [0.2, 0.25) is 5.91 Å². The van der Waals surface area contributed by atoms with Crippen molar-refractivity contribution in [3.63, 3.8) is 0 Å². The molecule has 0 unspecified atom stereocenters. The van der Waals surface area contributed by atoms with Crippen LogP contribution in [0.25, 0.3) is 33.1 Å². The molecular weight excluding hydrogens is 573 g/mol. The third-order valence-corrected chi connectivity index (χ3v) is 8.84. The van der Waals surface area contributed by atoms with Gasteiger partial charge >= 0.3 is 0 Å². The number of anilines is 1. The van der Waals surface area contributed by atoms with Crippen LogP contribution in [-0.4, -0.2) is 69.0 Å². The number of piperidine rings is 1.